The van der Waals surface area contributed by atoms with Crippen LogP contribution < -0.4 is 5.32 Å². The normalized spacial score (nSPS) is 10.2. The number of hydrogen-bond acceptors (Lipinski definition) is 3. The van der Waals surface area contributed by atoms with Crippen LogP contribution in [0.3, 0.4) is 0 Å². The molecule has 1 amide bonds. The molecule has 0 spiro atoms. The second-order valence-corrected chi connectivity index (χ2v) is 4.89. The van der Waals surface area contributed by atoms with E-state index in [2.05, 4.69) is 21.2 Å². The first-order valence-electron chi connectivity index (χ1n) is 5.58. The van der Waals surface area contributed by atoms with Crippen molar-refractivity contribution in [1.82, 2.24) is 0 Å². The SMILES string of the molecule is Cc1c(Br)cccc1NC(=O)c1cccc(O)c1O. The number of carbonyl (C=O) groups is 1. The summed E-state index contributed by atoms with van der Waals surface area (Å²) < 4.78 is 0.880. The van der Waals surface area contributed by atoms with Crippen molar-refractivity contribution < 1.29 is 15.0 Å². The van der Waals surface area contributed by atoms with Crippen molar-refractivity contribution in [2.24, 2.45) is 0 Å². The summed E-state index contributed by atoms with van der Waals surface area (Å²) >= 11 is 3.38. The van der Waals surface area contributed by atoms with Gasteiger partial charge >= 0.3 is 0 Å². The summed E-state index contributed by atoms with van der Waals surface area (Å²) in [5.74, 6) is -1.22. The van der Waals surface area contributed by atoms with Gasteiger partial charge < -0.3 is 15.5 Å². The number of aromatic hydroxyl groups is 2. The first kappa shape index (κ1) is 13.4. The molecule has 0 saturated carbocycles. The zero-order chi connectivity index (χ0) is 14.0. The lowest BCUT2D eigenvalue weighted by Crippen LogP contribution is -2.13. The maximum absolute atomic E-state index is 12.1. The maximum atomic E-state index is 12.1. The fraction of sp³-hybridized carbons (Fsp3) is 0.0714. The third-order valence-corrected chi connectivity index (χ3v) is 3.63. The van der Waals surface area contributed by atoms with Crippen LogP contribution in [0, 0.1) is 6.92 Å². The molecule has 0 unspecified atom stereocenters. The van der Waals surface area contributed by atoms with Gasteiger partial charge in [-0.1, -0.05) is 28.1 Å². The van der Waals surface area contributed by atoms with Crippen LogP contribution in [-0.4, -0.2) is 16.1 Å². The average Bonchev–Trinajstić information content (AvgIpc) is 2.38. The third kappa shape index (κ3) is 2.71. The molecule has 0 atom stereocenters. The van der Waals surface area contributed by atoms with Crippen molar-refractivity contribution in [1.29, 1.82) is 0 Å². The van der Waals surface area contributed by atoms with Gasteiger partial charge in [-0.15, -0.1) is 0 Å². The number of anilines is 1. The van der Waals surface area contributed by atoms with Gasteiger partial charge in [-0.05, 0) is 36.8 Å². The van der Waals surface area contributed by atoms with Crippen molar-refractivity contribution in [2.45, 2.75) is 6.92 Å². The van der Waals surface area contributed by atoms with E-state index in [1.807, 2.05) is 13.0 Å². The van der Waals surface area contributed by atoms with Crippen molar-refractivity contribution >= 4 is 27.5 Å². The number of phenolic OH excluding ortho intramolecular Hbond substituents is 2. The summed E-state index contributed by atoms with van der Waals surface area (Å²) in [6.45, 7) is 1.86. The van der Waals surface area contributed by atoms with Crippen LogP contribution in [0.4, 0.5) is 5.69 Å². The zero-order valence-corrected chi connectivity index (χ0v) is 11.7. The lowest BCUT2D eigenvalue weighted by molar-refractivity contribution is 0.102. The summed E-state index contributed by atoms with van der Waals surface area (Å²) in [4.78, 5) is 12.1. The Labute approximate surface area is 118 Å². The second kappa shape index (κ2) is 5.32. The highest BCUT2D eigenvalue weighted by Crippen LogP contribution is 2.30. The minimum absolute atomic E-state index is 0.0272. The summed E-state index contributed by atoms with van der Waals surface area (Å²) in [6.07, 6.45) is 0. The molecule has 2 aromatic carbocycles. The van der Waals surface area contributed by atoms with Crippen LogP contribution in [0.25, 0.3) is 0 Å². The van der Waals surface area contributed by atoms with Crippen LogP contribution >= 0.6 is 15.9 Å². The fourth-order valence-corrected chi connectivity index (χ4v) is 2.01. The largest absolute Gasteiger partial charge is 0.504 e. The smallest absolute Gasteiger partial charge is 0.259 e. The number of phenols is 2. The van der Waals surface area contributed by atoms with E-state index in [0.717, 1.165) is 10.0 Å². The Balaban J connectivity index is 2.31. The first-order chi connectivity index (χ1) is 9.00. The molecule has 0 saturated heterocycles. The Morgan fingerprint density at radius 1 is 1.16 bits per heavy atom. The van der Waals surface area contributed by atoms with Gasteiger partial charge in [0.05, 0.1) is 5.56 Å². The lowest BCUT2D eigenvalue weighted by atomic mass is 10.1. The number of nitrogens with one attached hydrogen (secondary N) is 1. The standard InChI is InChI=1S/C14H12BrNO3/c1-8-10(15)5-3-6-11(8)16-14(19)9-4-2-7-12(17)13(9)18/h2-7,17-18H,1H3,(H,16,19). The lowest BCUT2D eigenvalue weighted by Gasteiger charge is -2.10. The Hall–Kier alpha value is -2.01. The highest BCUT2D eigenvalue weighted by atomic mass is 79.9. The van der Waals surface area contributed by atoms with Gasteiger partial charge in [-0.3, -0.25) is 4.79 Å². The van der Waals surface area contributed by atoms with E-state index in [0.29, 0.717) is 5.69 Å². The van der Waals surface area contributed by atoms with Crippen LogP contribution in [0.1, 0.15) is 15.9 Å². The van der Waals surface area contributed by atoms with Gasteiger partial charge in [0.25, 0.3) is 5.91 Å². The summed E-state index contributed by atoms with van der Waals surface area (Å²) in [7, 11) is 0. The van der Waals surface area contributed by atoms with Gasteiger partial charge in [0.15, 0.2) is 11.5 Å². The second-order valence-electron chi connectivity index (χ2n) is 4.04. The van der Waals surface area contributed by atoms with Crippen molar-refractivity contribution in [3.8, 4) is 11.5 Å². The molecule has 0 bridgehead atoms. The number of para-hydroxylation sites is 1. The molecule has 2 rings (SSSR count). The van der Waals surface area contributed by atoms with E-state index in [1.54, 1.807) is 12.1 Å². The Morgan fingerprint density at radius 3 is 2.58 bits per heavy atom. The van der Waals surface area contributed by atoms with Gasteiger partial charge in [0.1, 0.15) is 0 Å². The van der Waals surface area contributed by atoms with E-state index in [-0.39, 0.29) is 11.3 Å². The van der Waals surface area contributed by atoms with Crippen LogP contribution in [0.15, 0.2) is 40.9 Å². The topological polar surface area (TPSA) is 69.6 Å². The van der Waals surface area contributed by atoms with Gasteiger partial charge in [0, 0.05) is 10.2 Å². The van der Waals surface area contributed by atoms with Crippen molar-refractivity contribution in [3.63, 3.8) is 0 Å². The molecular weight excluding hydrogens is 310 g/mol. The summed E-state index contributed by atoms with van der Waals surface area (Å²) in [5, 5.41) is 21.7. The Kier molecular flexibility index (Phi) is 3.76. The highest BCUT2D eigenvalue weighted by molar-refractivity contribution is 9.10. The molecule has 0 fully saturated rings. The molecule has 0 aliphatic carbocycles. The molecule has 19 heavy (non-hydrogen) atoms. The van der Waals surface area contributed by atoms with Crippen LogP contribution in [0.2, 0.25) is 0 Å². The van der Waals surface area contributed by atoms with E-state index >= 15 is 0 Å². The summed E-state index contributed by atoms with van der Waals surface area (Å²) in [6, 6.07) is 9.69. The van der Waals surface area contributed by atoms with E-state index in [4.69, 9.17) is 0 Å². The molecule has 0 aliphatic heterocycles. The number of carbonyl (C=O) groups excluding carboxylic acids is 1. The number of benzene rings is 2. The Bertz CT molecular complexity index is 641. The molecule has 5 heteroatoms. The van der Waals surface area contributed by atoms with Gasteiger partial charge in [-0.2, -0.15) is 0 Å². The quantitative estimate of drug-likeness (QED) is 0.742. The summed E-state index contributed by atoms with van der Waals surface area (Å²) in [5.41, 5.74) is 1.55. The van der Waals surface area contributed by atoms with Crippen LogP contribution in [0.5, 0.6) is 11.5 Å². The van der Waals surface area contributed by atoms with Gasteiger partial charge in [-0.25, -0.2) is 0 Å². The zero-order valence-electron chi connectivity index (χ0n) is 10.1. The number of hydrogen-bond donors (Lipinski definition) is 3. The van der Waals surface area contributed by atoms with E-state index < -0.39 is 11.7 Å². The Morgan fingerprint density at radius 2 is 1.84 bits per heavy atom. The average molecular weight is 322 g/mol. The molecule has 0 aliphatic rings. The molecule has 98 valence electrons. The first-order valence-corrected chi connectivity index (χ1v) is 6.37. The van der Waals surface area contributed by atoms with Crippen molar-refractivity contribution in [2.75, 3.05) is 5.32 Å². The number of amides is 1. The number of rotatable bonds is 2. The van der Waals surface area contributed by atoms with E-state index in [1.165, 1.54) is 18.2 Å². The highest BCUT2D eigenvalue weighted by Gasteiger charge is 2.15. The molecule has 0 radical (unpaired) electrons. The van der Waals surface area contributed by atoms with Gasteiger partial charge in [0.2, 0.25) is 0 Å². The molecule has 0 aromatic heterocycles. The third-order valence-electron chi connectivity index (χ3n) is 2.78. The predicted molar refractivity (Wildman–Crippen MR) is 76.6 cm³/mol. The maximum Gasteiger partial charge on any atom is 0.259 e. The molecule has 3 N–H and O–H groups in total. The molecule has 4 nitrogen and oxygen atoms in total. The fourth-order valence-electron chi connectivity index (χ4n) is 1.65. The van der Waals surface area contributed by atoms with Crippen molar-refractivity contribution in [3.05, 3.63) is 52.0 Å². The van der Waals surface area contributed by atoms with Crippen LogP contribution in [-0.2, 0) is 0 Å². The monoisotopic (exact) mass is 321 g/mol. The minimum Gasteiger partial charge on any atom is -0.504 e. The molecule has 0 heterocycles. The predicted octanol–water partition coefficient (Wildman–Crippen LogP) is 3.42. The minimum atomic E-state index is -0.477. The number of halogens is 1. The van der Waals surface area contributed by atoms with E-state index in [9.17, 15) is 15.0 Å². The molecular formula is C14H12BrNO3. The molecule has 2 aromatic rings.